The molecule has 1 N–H and O–H groups in total. The molecule has 0 aliphatic carbocycles. The van der Waals surface area contributed by atoms with E-state index < -0.39 is 5.97 Å². The van der Waals surface area contributed by atoms with E-state index in [2.05, 4.69) is 10.3 Å². The summed E-state index contributed by atoms with van der Waals surface area (Å²) in [6.45, 7) is 2.53. The van der Waals surface area contributed by atoms with E-state index in [1.807, 2.05) is 55.5 Å². The van der Waals surface area contributed by atoms with Gasteiger partial charge in [0.2, 0.25) is 0 Å². The number of hydrogen-bond donors (Lipinski definition) is 1. The highest BCUT2D eigenvalue weighted by Crippen LogP contribution is 2.34. The van der Waals surface area contributed by atoms with E-state index in [4.69, 9.17) is 14.2 Å². The third kappa shape index (κ3) is 4.48. The van der Waals surface area contributed by atoms with Crippen LogP contribution in [0.4, 0.5) is 5.69 Å². The number of benzene rings is 2. The summed E-state index contributed by atoms with van der Waals surface area (Å²) < 4.78 is 15.6. The van der Waals surface area contributed by atoms with Gasteiger partial charge in [-0.15, -0.1) is 0 Å². The number of methoxy groups -OCH3 is 3. The van der Waals surface area contributed by atoms with Gasteiger partial charge >= 0.3 is 5.97 Å². The maximum absolute atomic E-state index is 12.2. The van der Waals surface area contributed by atoms with Gasteiger partial charge in [-0.05, 0) is 42.3 Å². The smallest absolute Gasteiger partial charge is 0.341 e. The predicted octanol–water partition coefficient (Wildman–Crippen LogP) is 4.47. The molecule has 0 aliphatic heterocycles. The van der Waals surface area contributed by atoms with Crippen LogP contribution >= 0.6 is 0 Å². The number of nitrogens with one attached hydrogen (secondary N) is 1. The van der Waals surface area contributed by atoms with E-state index in [9.17, 15) is 4.79 Å². The van der Waals surface area contributed by atoms with Crippen molar-refractivity contribution in [3.05, 3.63) is 71.4 Å². The summed E-state index contributed by atoms with van der Waals surface area (Å²) in [6.07, 6.45) is 1.53. The Hall–Kier alpha value is -3.54. The highest BCUT2D eigenvalue weighted by atomic mass is 16.5. The molecule has 29 heavy (non-hydrogen) atoms. The van der Waals surface area contributed by atoms with E-state index in [1.165, 1.54) is 13.3 Å². The van der Waals surface area contributed by atoms with Gasteiger partial charge in [-0.3, -0.25) is 4.98 Å². The summed E-state index contributed by atoms with van der Waals surface area (Å²) in [5.41, 5.74) is 4.70. The number of pyridine rings is 1. The fourth-order valence-electron chi connectivity index (χ4n) is 3.09. The van der Waals surface area contributed by atoms with Crippen LogP contribution in [-0.2, 0) is 11.3 Å². The Kier molecular flexibility index (Phi) is 6.34. The summed E-state index contributed by atoms with van der Waals surface area (Å²) in [6, 6.07) is 15.4. The van der Waals surface area contributed by atoms with Crippen molar-refractivity contribution in [3.63, 3.8) is 0 Å². The molecule has 6 nitrogen and oxygen atoms in total. The Labute approximate surface area is 170 Å². The molecule has 0 bridgehead atoms. The van der Waals surface area contributed by atoms with Crippen LogP contribution in [0.5, 0.6) is 11.5 Å². The second-order valence-corrected chi connectivity index (χ2v) is 6.46. The Morgan fingerprint density at radius 1 is 1.03 bits per heavy atom. The molecule has 0 amide bonds. The average Bonchev–Trinajstić information content (AvgIpc) is 2.77. The van der Waals surface area contributed by atoms with E-state index >= 15 is 0 Å². The lowest BCUT2D eigenvalue weighted by Gasteiger charge is -2.15. The van der Waals surface area contributed by atoms with Gasteiger partial charge in [0.1, 0.15) is 17.1 Å². The molecule has 2 aromatic carbocycles. The minimum Gasteiger partial charge on any atom is -0.497 e. The maximum Gasteiger partial charge on any atom is 0.341 e. The first-order valence-electron chi connectivity index (χ1n) is 9.16. The van der Waals surface area contributed by atoms with E-state index in [1.54, 1.807) is 14.2 Å². The quantitative estimate of drug-likeness (QED) is 0.598. The Balaban J connectivity index is 1.97. The topological polar surface area (TPSA) is 69.7 Å². The van der Waals surface area contributed by atoms with Crippen LogP contribution in [0.1, 0.15) is 21.5 Å². The molecule has 0 saturated heterocycles. The second-order valence-electron chi connectivity index (χ2n) is 6.46. The van der Waals surface area contributed by atoms with Gasteiger partial charge in [-0.1, -0.05) is 24.3 Å². The van der Waals surface area contributed by atoms with Crippen molar-refractivity contribution in [2.24, 2.45) is 0 Å². The molecule has 0 fully saturated rings. The number of carbonyl (C=O) groups excluding carboxylic acids is 1. The molecule has 3 aromatic rings. The summed E-state index contributed by atoms with van der Waals surface area (Å²) in [5, 5.41) is 3.33. The van der Waals surface area contributed by atoms with Crippen LogP contribution in [0, 0.1) is 6.92 Å². The summed E-state index contributed by atoms with van der Waals surface area (Å²) in [4.78, 5) is 16.7. The fraction of sp³-hybridized carbons (Fsp3) is 0.217. The number of hydrogen-bond acceptors (Lipinski definition) is 6. The minimum absolute atomic E-state index is 0.373. The summed E-state index contributed by atoms with van der Waals surface area (Å²) >= 11 is 0. The van der Waals surface area contributed by atoms with Gasteiger partial charge in [-0.2, -0.15) is 0 Å². The molecular weight excluding hydrogens is 368 g/mol. The lowest BCUT2D eigenvalue weighted by Crippen LogP contribution is -2.09. The molecule has 1 aromatic heterocycles. The number of esters is 1. The molecule has 1 heterocycles. The number of anilines is 1. The molecule has 0 unspecified atom stereocenters. The predicted molar refractivity (Wildman–Crippen MR) is 113 cm³/mol. The Morgan fingerprint density at radius 3 is 2.45 bits per heavy atom. The zero-order chi connectivity index (χ0) is 20.8. The molecule has 3 rings (SSSR count). The van der Waals surface area contributed by atoms with E-state index in [-0.39, 0.29) is 0 Å². The molecule has 0 saturated carbocycles. The minimum atomic E-state index is -0.446. The van der Waals surface area contributed by atoms with Crippen LogP contribution in [0.15, 0.2) is 54.7 Å². The zero-order valence-corrected chi connectivity index (χ0v) is 17.0. The second kappa shape index (κ2) is 9.10. The Morgan fingerprint density at radius 2 is 1.79 bits per heavy atom. The van der Waals surface area contributed by atoms with Crippen molar-refractivity contribution in [3.8, 4) is 22.8 Å². The van der Waals surface area contributed by atoms with Gasteiger partial charge in [0.05, 0.1) is 32.7 Å². The number of rotatable bonds is 7. The van der Waals surface area contributed by atoms with Gasteiger partial charge in [0, 0.05) is 18.3 Å². The van der Waals surface area contributed by atoms with Crippen LogP contribution in [0.2, 0.25) is 0 Å². The van der Waals surface area contributed by atoms with Gasteiger partial charge in [0.15, 0.2) is 0 Å². The van der Waals surface area contributed by atoms with Gasteiger partial charge in [-0.25, -0.2) is 4.79 Å². The number of nitrogens with zero attached hydrogens (tertiary/aromatic N) is 1. The largest absolute Gasteiger partial charge is 0.497 e. The van der Waals surface area contributed by atoms with Crippen molar-refractivity contribution in [2.45, 2.75) is 13.5 Å². The molecular formula is C23H24N2O4. The van der Waals surface area contributed by atoms with Crippen LogP contribution in [0.25, 0.3) is 11.3 Å². The van der Waals surface area contributed by atoms with E-state index in [0.29, 0.717) is 23.5 Å². The molecule has 0 atom stereocenters. The maximum atomic E-state index is 12.2. The highest BCUT2D eigenvalue weighted by molar-refractivity contribution is 5.96. The molecule has 0 radical (unpaired) electrons. The monoisotopic (exact) mass is 392 g/mol. The molecule has 6 heteroatoms. The standard InChI is InChI=1S/C23H24N2O4/c1-15-6-5-7-21(28-3)22(15)20-12-19(18(14-25-20)23(26)29-4)24-13-16-8-10-17(27-2)11-9-16/h5-12,14H,13H2,1-4H3,(H,24,25). The van der Waals surface area contributed by atoms with Crippen molar-refractivity contribution in [1.29, 1.82) is 0 Å². The third-order valence-corrected chi connectivity index (χ3v) is 4.66. The number of carbonyl (C=O) groups is 1. The van der Waals surface area contributed by atoms with Crippen molar-refractivity contribution < 1.29 is 19.0 Å². The summed E-state index contributed by atoms with van der Waals surface area (Å²) in [5.74, 6) is 1.07. The Bertz CT molecular complexity index is 1000. The molecule has 0 aliphatic rings. The molecule has 0 spiro atoms. The van der Waals surface area contributed by atoms with Crippen molar-refractivity contribution in [1.82, 2.24) is 4.98 Å². The highest BCUT2D eigenvalue weighted by Gasteiger charge is 2.17. The first-order valence-corrected chi connectivity index (χ1v) is 9.16. The number of aromatic nitrogens is 1. The third-order valence-electron chi connectivity index (χ3n) is 4.66. The first kappa shape index (κ1) is 20.2. The lowest BCUT2D eigenvalue weighted by molar-refractivity contribution is 0.0601. The molecule has 150 valence electrons. The van der Waals surface area contributed by atoms with Gasteiger partial charge < -0.3 is 19.5 Å². The van der Waals surface area contributed by atoms with Gasteiger partial charge in [0.25, 0.3) is 0 Å². The van der Waals surface area contributed by atoms with Crippen molar-refractivity contribution in [2.75, 3.05) is 26.6 Å². The van der Waals surface area contributed by atoms with Crippen molar-refractivity contribution >= 4 is 11.7 Å². The van der Waals surface area contributed by atoms with E-state index in [0.717, 1.165) is 28.2 Å². The zero-order valence-electron chi connectivity index (χ0n) is 17.0. The number of aryl methyl sites for hydroxylation is 1. The summed E-state index contributed by atoms with van der Waals surface area (Å²) in [7, 11) is 4.62. The SMILES string of the molecule is COC(=O)c1cnc(-c2c(C)cccc2OC)cc1NCc1ccc(OC)cc1. The lowest BCUT2D eigenvalue weighted by atomic mass is 10.0. The fourth-order valence-corrected chi connectivity index (χ4v) is 3.09. The van der Waals surface area contributed by atoms with Crippen LogP contribution in [0.3, 0.4) is 0 Å². The average molecular weight is 392 g/mol. The first-order chi connectivity index (χ1) is 14.1. The van der Waals surface area contributed by atoms with Crippen LogP contribution in [-0.4, -0.2) is 32.3 Å². The van der Waals surface area contributed by atoms with Crippen LogP contribution < -0.4 is 14.8 Å². The number of ether oxygens (including phenoxy) is 3. The normalized spacial score (nSPS) is 10.3.